The summed E-state index contributed by atoms with van der Waals surface area (Å²) in [5, 5.41) is 6.54. The average molecular weight is 276 g/mol. The normalized spacial score (nSPS) is 22.3. The van der Waals surface area contributed by atoms with E-state index < -0.39 is 0 Å². The number of carbonyl (C=O) groups is 1. The van der Waals surface area contributed by atoms with Gasteiger partial charge < -0.3 is 15.4 Å². The molecule has 1 heterocycles. The molecule has 0 saturated carbocycles. The van der Waals surface area contributed by atoms with Crippen molar-refractivity contribution >= 4 is 5.91 Å². The van der Waals surface area contributed by atoms with Crippen LogP contribution in [0.2, 0.25) is 0 Å². The van der Waals surface area contributed by atoms with E-state index in [1.165, 1.54) is 12.8 Å². The lowest BCUT2D eigenvalue weighted by atomic mass is 9.99. The van der Waals surface area contributed by atoms with Gasteiger partial charge in [0.15, 0.2) is 0 Å². The lowest BCUT2D eigenvalue weighted by Gasteiger charge is -2.28. The fraction of sp³-hybridized carbons (Fsp3) is 0.562. The van der Waals surface area contributed by atoms with E-state index in [2.05, 4.69) is 17.6 Å². The number of amides is 1. The van der Waals surface area contributed by atoms with Gasteiger partial charge in [-0.05, 0) is 37.5 Å². The predicted octanol–water partition coefficient (Wildman–Crippen LogP) is 1.88. The monoisotopic (exact) mass is 276 g/mol. The molecule has 1 aromatic rings. The molecule has 4 heteroatoms. The average Bonchev–Trinajstić information content (AvgIpc) is 2.45. The van der Waals surface area contributed by atoms with Gasteiger partial charge in [0.25, 0.3) is 0 Å². The smallest absolute Gasteiger partial charge is 0.224 e. The maximum atomic E-state index is 12.0. The van der Waals surface area contributed by atoms with E-state index >= 15 is 0 Å². The van der Waals surface area contributed by atoms with Crippen molar-refractivity contribution in [2.45, 2.75) is 44.7 Å². The van der Waals surface area contributed by atoms with Gasteiger partial charge in [-0.25, -0.2) is 0 Å². The van der Waals surface area contributed by atoms with Gasteiger partial charge in [-0.1, -0.05) is 18.6 Å². The Kier molecular flexibility index (Phi) is 5.41. The molecule has 2 atom stereocenters. The van der Waals surface area contributed by atoms with Crippen LogP contribution in [-0.4, -0.2) is 31.6 Å². The molecular weight excluding hydrogens is 252 g/mol. The highest BCUT2D eigenvalue weighted by molar-refractivity contribution is 5.78. The lowest BCUT2D eigenvalue weighted by molar-refractivity contribution is -0.120. The first-order chi connectivity index (χ1) is 9.67. The van der Waals surface area contributed by atoms with Crippen molar-refractivity contribution in [3.05, 3.63) is 29.8 Å². The molecule has 1 aliphatic rings. The summed E-state index contributed by atoms with van der Waals surface area (Å²) >= 11 is 0. The quantitative estimate of drug-likeness (QED) is 0.863. The second-order valence-corrected chi connectivity index (χ2v) is 5.53. The molecule has 4 nitrogen and oxygen atoms in total. The lowest BCUT2D eigenvalue weighted by Crippen LogP contribution is -2.47. The minimum Gasteiger partial charge on any atom is -0.497 e. The Morgan fingerprint density at radius 2 is 2.30 bits per heavy atom. The van der Waals surface area contributed by atoms with Gasteiger partial charge >= 0.3 is 0 Å². The molecule has 20 heavy (non-hydrogen) atoms. The van der Waals surface area contributed by atoms with Crippen molar-refractivity contribution in [2.24, 2.45) is 0 Å². The van der Waals surface area contributed by atoms with E-state index in [9.17, 15) is 4.79 Å². The molecule has 0 bridgehead atoms. The van der Waals surface area contributed by atoms with Crippen LogP contribution in [-0.2, 0) is 11.2 Å². The summed E-state index contributed by atoms with van der Waals surface area (Å²) < 4.78 is 5.16. The first-order valence-electron chi connectivity index (χ1n) is 7.33. The second kappa shape index (κ2) is 7.29. The van der Waals surface area contributed by atoms with Crippen molar-refractivity contribution in [2.75, 3.05) is 13.7 Å². The van der Waals surface area contributed by atoms with Crippen LogP contribution in [0.25, 0.3) is 0 Å². The van der Waals surface area contributed by atoms with Crippen LogP contribution >= 0.6 is 0 Å². The van der Waals surface area contributed by atoms with Crippen LogP contribution in [0.1, 0.15) is 31.7 Å². The molecule has 2 rings (SSSR count). The second-order valence-electron chi connectivity index (χ2n) is 5.53. The van der Waals surface area contributed by atoms with Crippen LogP contribution in [0.3, 0.4) is 0 Å². The van der Waals surface area contributed by atoms with Crippen LogP contribution in [0, 0.1) is 0 Å². The van der Waals surface area contributed by atoms with Gasteiger partial charge in [0.2, 0.25) is 5.91 Å². The fourth-order valence-corrected chi connectivity index (χ4v) is 2.67. The highest BCUT2D eigenvalue weighted by atomic mass is 16.5. The number of hydrogen-bond donors (Lipinski definition) is 2. The van der Waals surface area contributed by atoms with E-state index in [0.29, 0.717) is 25.0 Å². The molecule has 2 unspecified atom stereocenters. The van der Waals surface area contributed by atoms with E-state index in [1.54, 1.807) is 7.11 Å². The van der Waals surface area contributed by atoms with E-state index in [1.807, 2.05) is 24.3 Å². The molecule has 1 saturated heterocycles. The predicted molar refractivity (Wildman–Crippen MR) is 79.9 cm³/mol. The zero-order valence-corrected chi connectivity index (χ0v) is 12.3. The number of benzene rings is 1. The molecule has 0 aliphatic carbocycles. The van der Waals surface area contributed by atoms with E-state index in [-0.39, 0.29) is 5.91 Å². The summed E-state index contributed by atoms with van der Waals surface area (Å²) in [6, 6.07) is 8.61. The van der Waals surface area contributed by atoms with Gasteiger partial charge in [-0.2, -0.15) is 0 Å². The third kappa shape index (κ3) is 4.53. The number of piperidine rings is 1. The molecule has 110 valence electrons. The van der Waals surface area contributed by atoms with Gasteiger partial charge in [0.1, 0.15) is 5.75 Å². The molecule has 1 fully saturated rings. The van der Waals surface area contributed by atoms with Gasteiger partial charge in [-0.3, -0.25) is 4.79 Å². The summed E-state index contributed by atoms with van der Waals surface area (Å²) in [4.78, 5) is 12.0. The van der Waals surface area contributed by atoms with Crippen LogP contribution in [0.5, 0.6) is 5.75 Å². The first kappa shape index (κ1) is 14.9. The van der Waals surface area contributed by atoms with Crippen molar-refractivity contribution in [1.29, 1.82) is 0 Å². The maximum Gasteiger partial charge on any atom is 0.224 e. The molecule has 0 aromatic heterocycles. The molecule has 1 amide bonds. The number of nitrogens with one attached hydrogen (secondary N) is 2. The van der Waals surface area contributed by atoms with E-state index in [0.717, 1.165) is 17.7 Å². The molecule has 0 radical (unpaired) electrons. The molecule has 1 aromatic carbocycles. The summed E-state index contributed by atoms with van der Waals surface area (Å²) in [7, 11) is 1.63. The summed E-state index contributed by atoms with van der Waals surface area (Å²) in [6.45, 7) is 2.91. The first-order valence-corrected chi connectivity index (χ1v) is 7.33. The van der Waals surface area contributed by atoms with Crippen molar-refractivity contribution < 1.29 is 9.53 Å². The largest absolute Gasteiger partial charge is 0.497 e. The van der Waals surface area contributed by atoms with Gasteiger partial charge in [0, 0.05) is 18.6 Å². The third-order valence-electron chi connectivity index (χ3n) is 3.75. The third-order valence-corrected chi connectivity index (χ3v) is 3.75. The van der Waals surface area contributed by atoms with Crippen LogP contribution in [0.4, 0.5) is 0 Å². The molecule has 1 aliphatic heterocycles. The Bertz CT molecular complexity index is 448. The Hall–Kier alpha value is -1.55. The van der Waals surface area contributed by atoms with Gasteiger partial charge in [0.05, 0.1) is 13.5 Å². The highest BCUT2D eigenvalue weighted by Gasteiger charge is 2.18. The van der Waals surface area contributed by atoms with Crippen LogP contribution in [0.15, 0.2) is 24.3 Å². The van der Waals surface area contributed by atoms with Gasteiger partial charge in [-0.15, -0.1) is 0 Å². The van der Waals surface area contributed by atoms with E-state index in [4.69, 9.17) is 4.74 Å². The number of hydrogen-bond acceptors (Lipinski definition) is 3. The standard InChI is InChI=1S/C16H24N2O2/c1-12-5-3-7-14(18-12)11-17-16(19)10-13-6-4-8-15(9-13)20-2/h4,6,8-9,12,14,18H,3,5,7,10-11H2,1-2H3,(H,17,19). The Morgan fingerprint density at radius 1 is 1.45 bits per heavy atom. The van der Waals surface area contributed by atoms with Crippen molar-refractivity contribution in [3.8, 4) is 5.75 Å². The number of methoxy groups -OCH3 is 1. The number of ether oxygens (including phenoxy) is 1. The highest BCUT2D eigenvalue weighted by Crippen LogP contribution is 2.13. The zero-order valence-electron chi connectivity index (χ0n) is 12.3. The number of carbonyl (C=O) groups excluding carboxylic acids is 1. The molecule has 2 N–H and O–H groups in total. The maximum absolute atomic E-state index is 12.0. The molecule has 0 spiro atoms. The zero-order chi connectivity index (χ0) is 14.4. The fourth-order valence-electron chi connectivity index (χ4n) is 2.67. The Balaban J connectivity index is 1.77. The Labute approximate surface area is 120 Å². The minimum atomic E-state index is 0.0679. The minimum absolute atomic E-state index is 0.0679. The summed E-state index contributed by atoms with van der Waals surface area (Å²) in [6.07, 6.45) is 4.02. The van der Waals surface area contributed by atoms with Crippen molar-refractivity contribution in [1.82, 2.24) is 10.6 Å². The summed E-state index contributed by atoms with van der Waals surface area (Å²) in [5.74, 6) is 0.858. The molecular formula is C16H24N2O2. The SMILES string of the molecule is COc1cccc(CC(=O)NCC2CCCC(C)N2)c1. The van der Waals surface area contributed by atoms with Crippen LogP contribution < -0.4 is 15.4 Å². The van der Waals surface area contributed by atoms with Crippen molar-refractivity contribution in [3.63, 3.8) is 0 Å². The topological polar surface area (TPSA) is 50.4 Å². The Morgan fingerprint density at radius 3 is 3.05 bits per heavy atom. The summed E-state index contributed by atoms with van der Waals surface area (Å²) in [5.41, 5.74) is 0.979. The number of rotatable bonds is 5.